The highest BCUT2D eigenvalue weighted by Crippen LogP contribution is 2.40. The molecular formula is C30H29ClN2O2S. The Morgan fingerprint density at radius 2 is 1.72 bits per heavy atom. The second-order valence-corrected chi connectivity index (χ2v) is 10.7. The first-order chi connectivity index (χ1) is 17.6. The quantitative estimate of drug-likeness (QED) is 0.311. The number of ether oxygens (including phenoxy) is 1. The number of para-hydroxylation sites is 1. The van der Waals surface area contributed by atoms with Gasteiger partial charge in [0, 0.05) is 16.6 Å². The fourth-order valence-corrected chi connectivity index (χ4v) is 5.97. The van der Waals surface area contributed by atoms with E-state index in [9.17, 15) is 4.79 Å². The number of rotatable bonds is 6. The molecule has 6 heteroatoms. The maximum atomic E-state index is 13.6. The lowest BCUT2D eigenvalue weighted by atomic mass is 9.85. The Morgan fingerprint density at radius 1 is 1.00 bits per heavy atom. The zero-order valence-corrected chi connectivity index (χ0v) is 21.8. The van der Waals surface area contributed by atoms with E-state index in [0.29, 0.717) is 22.5 Å². The van der Waals surface area contributed by atoms with Crippen LogP contribution in [0.3, 0.4) is 0 Å². The van der Waals surface area contributed by atoms with Crippen molar-refractivity contribution in [2.24, 2.45) is 10.9 Å². The van der Waals surface area contributed by atoms with Crippen molar-refractivity contribution in [3.8, 4) is 5.75 Å². The Morgan fingerprint density at radius 3 is 2.47 bits per heavy atom. The molecule has 4 nitrogen and oxygen atoms in total. The summed E-state index contributed by atoms with van der Waals surface area (Å²) < 4.78 is 5.91. The highest BCUT2D eigenvalue weighted by molar-refractivity contribution is 8.18. The summed E-state index contributed by atoms with van der Waals surface area (Å²) in [5.41, 5.74) is 2.76. The molecule has 36 heavy (non-hydrogen) atoms. The molecule has 0 unspecified atom stereocenters. The van der Waals surface area contributed by atoms with Gasteiger partial charge < -0.3 is 4.74 Å². The van der Waals surface area contributed by atoms with Crippen molar-refractivity contribution in [2.75, 3.05) is 0 Å². The molecule has 3 aromatic rings. The van der Waals surface area contributed by atoms with Crippen molar-refractivity contribution < 1.29 is 9.53 Å². The molecule has 0 radical (unpaired) electrons. The first kappa shape index (κ1) is 24.7. The van der Waals surface area contributed by atoms with E-state index in [1.165, 1.54) is 18.2 Å². The lowest BCUT2D eigenvalue weighted by molar-refractivity contribution is -0.124. The highest BCUT2D eigenvalue weighted by atomic mass is 35.5. The summed E-state index contributed by atoms with van der Waals surface area (Å²) in [7, 11) is 0. The molecule has 3 aromatic carbocycles. The summed E-state index contributed by atoms with van der Waals surface area (Å²) in [5, 5.41) is 1.47. The largest absolute Gasteiger partial charge is 0.489 e. The molecule has 1 saturated heterocycles. The number of hydrogen-bond acceptors (Lipinski definition) is 4. The maximum absolute atomic E-state index is 13.6. The molecule has 0 spiro atoms. The molecule has 0 aromatic heterocycles. The number of carbonyl (C=O) groups excluding carboxylic acids is 1. The summed E-state index contributed by atoms with van der Waals surface area (Å²) in [6.45, 7) is 2.66. The van der Waals surface area contributed by atoms with E-state index in [1.807, 2.05) is 89.8 Å². The Kier molecular flexibility index (Phi) is 7.78. The van der Waals surface area contributed by atoms with Gasteiger partial charge >= 0.3 is 0 Å². The van der Waals surface area contributed by atoms with Gasteiger partial charge in [-0.2, -0.15) is 0 Å². The summed E-state index contributed by atoms with van der Waals surface area (Å²) in [6.07, 6.45) is 6.50. The van der Waals surface area contributed by atoms with Crippen LogP contribution >= 0.6 is 23.4 Å². The molecule has 184 valence electrons. The zero-order chi connectivity index (χ0) is 24.9. The van der Waals surface area contributed by atoms with Crippen molar-refractivity contribution in [3.63, 3.8) is 0 Å². The number of aliphatic imine (C=N–C) groups is 1. The maximum Gasteiger partial charge on any atom is 0.267 e. The third-order valence-corrected chi connectivity index (χ3v) is 8.10. The average Bonchev–Trinajstić information content (AvgIpc) is 3.19. The smallest absolute Gasteiger partial charge is 0.267 e. The van der Waals surface area contributed by atoms with Gasteiger partial charge in [-0.05, 0) is 72.5 Å². The Balaban J connectivity index is 1.36. The van der Waals surface area contributed by atoms with Crippen LogP contribution in [0.1, 0.15) is 43.7 Å². The summed E-state index contributed by atoms with van der Waals surface area (Å²) in [4.78, 5) is 21.2. The molecule has 1 amide bonds. The van der Waals surface area contributed by atoms with E-state index >= 15 is 0 Å². The van der Waals surface area contributed by atoms with Crippen molar-refractivity contribution in [1.82, 2.24) is 4.90 Å². The molecule has 0 bridgehead atoms. The van der Waals surface area contributed by atoms with Gasteiger partial charge in [0.25, 0.3) is 5.91 Å². The molecule has 2 aliphatic rings. The van der Waals surface area contributed by atoms with Crippen LogP contribution in [0.15, 0.2) is 88.8 Å². The van der Waals surface area contributed by atoms with Crippen LogP contribution in [0.5, 0.6) is 5.75 Å². The Labute approximate surface area is 222 Å². The molecule has 0 N–H and O–H groups in total. The van der Waals surface area contributed by atoms with Gasteiger partial charge in [0.05, 0.1) is 10.6 Å². The number of hydrogen-bond donors (Lipinski definition) is 0. The van der Waals surface area contributed by atoms with Crippen molar-refractivity contribution in [2.45, 2.75) is 45.3 Å². The van der Waals surface area contributed by atoms with Gasteiger partial charge in [0.2, 0.25) is 0 Å². The summed E-state index contributed by atoms with van der Waals surface area (Å²) in [5.74, 6) is 1.26. The number of halogens is 1. The van der Waals surface area contributed by atoms with Crippen LogP contribution in [-0.2, 0) is 11.4 Å². The second kappa shape index (κ2) is 11.4. The van der Waals surface area contributed by atoms with Crippen LogP contribution in [0.4, 0.5) is 5.69 Å². The van der Waals surface area contributed by atoms with Crippen LogP contribution < -0.4 is 4.74 Å². The van der Waals surface area contributed by atoms with E-state index in [4.69, 9.17) is 21.3 Å². The number of amides is 1. The van der Waals surface area contributed by atoms with Gasteiger partial charge in [0.15, 0.2) is 5.17 Å². The van der Waals surface area contributed by atoms with E-state index in [0.717, 1.165) is 47.0 Å². The lowest BCUT2D eigenvalue weighted by Crippen LogP contribution is -2.44. The Bertz CT molecular complexity index is 1270. The van der Waals surface area contributed by atoms with Crippen molar-refractivity contribution in [3.05, 3.63) is 99.9 Å². The highest BCUT2D eigenvalue weighted by Gasteiger charge is 2.41. The number of amidine groups is 1. The van der Waals surface area contributed by atoms with Crippen LogP contribution in [0, 0.1) is 5.92 Å². The van der Waals surface area contributed by atoms with Crippen molar-refractivity contribution >= 4 is 46.2 Å². The number of thioether (sulfide) groups is 1. The first-order valence-corrected chi connectivity index (χ1v) is 13.6. The van der Waals surface area contributed by atoms with Crippen LogP contribution in [-0.4, -0.2) is 22.0 Å². The van der Waals surface area contributed by atoms with Gasteiger partial charge in [-0.25, -0.2) is 4.99 Å². The third-order valence-electron chi connectivity index (χ3n) is 6.75. The van der Waals surface area contributed by atoms with E-state index < -0.39 is 0 Å². The minimum atomic E-state index is 0.0486. The second-order valence-electron chi connectivity index (χ2n) is 9.29. The van der Waals surface area contributed by atoms with Crippen LogP contribution in [0.2, 0.25) is 5.02 Å². The lowest BCUT2D eigenvalue weighted by Gasteiger charge is -2.35. The fraction of sp³-hybridized carbons (Fsp3) is 0.267. The number of nitrogens with zero attached hydrogens (tertiary/aromatic N) is 2. The van der Waals surface area contributed by atoms with Crippen molar-refractivity contribution in [1.29, 1.82) is 0 Å². The van der Waals surface area contributed by atoms with Gasteiger partial charge in [0.1, 0.15) is 12.4 Å². The first-order valence-electron chi connectivity index (χ1n) is 12.4. The Hall–Kier alpha value is -3.02. The minimum absolute atomic E-state index is 0.0486. The zero-order valence-electron chi connectivity index (χ0n) is 20.3. The van der Waals surface area contributed by atoms with E-state index in [-0.39, 0.29) is 11.9 Å². The van der Waals surface area contributed by atoms with Gasteiger partial charge in [-0.15, -0.1) is 0 Å². The number of carbonyl (C=O) groups is 1. The SMILES string of the molecule is C[C@H]1CCCC[C@@H]1N1C(=O)/C(=C/c2ccc(OCc3ccccc3Cl)cc2)SC1=Nc1ccccc1. The topological polar surface area (TPSA) is 41.9 Å². The predicted molar refractivity (Wildman–Crippen MR) is 150 cm³/mol. The number of benzene rings is 3. The monoisotopic (exact) mass is 516 g/mol. The van der Waals surface area contributed by atoms with Gasteiger partial charge in [-0.1, -0.05) is 79.9 Å². The molecule has 1 heterocycles. The molecule has 2 atom stereocenters. The average molecular weight is 517 g/mol. The molecular weight excluding hydrogens is 488 g/mol. The normalized spacial score (nSPS) is 22.4. The molecule has 1 saturated carbocycles. The van der Waals surface area contributed by atoms with Crippen LogP contribution in [0.25, 0.3) is 6.08 Å². The van der Waals surface area contributed by atoms with E-state index in [2.05, 4.69) is 6.92 Å². The predicted octanol–water partition coefficient (Wildman–Crippen LogP) is 8.10. The van der Waals surface area contributed by atoms with E-state index in [1.54, 1.807) is 0 Å². The summed E-state index contributed by atoms with van der Waals surface area (Å²) in [6, 6.07) is 25.5. The molecule has 1 aliphatic carbocycles. The molecule has 1 aliphatic heterocycles. The molecule has 5 rings (SSSR count). The fourth-order valence-electron chi connectivity index (χ4n) is 4.74. The third kappa shape index (κ3) is 5.69. The summed E-state index contributed by atoms with van der Waals surface area (Å²) >= 11 is 7.70. The molecule has 2 fully saturated rings. The van der Waals surface area contributed by atoms with Gasteiger partial charge in [-0.3, -0.25) is 9.69 Å². The minimum Gasteiger partial charge on any atom is -0.489 e. The standard InChI is InChI=1S/C30H29ClN2O2S/c1-21-9-5-8-14-27(21)33-29(34)28(36-30(33)32-24-11-3-2-4-12-24)19-22-15-17-25(18-16-22)35-20-23-10-6-7-13-26(23)31/h2-4,6-7,10-13,15-19,21,27H,5,8-9,14,20H2,1H3/b28-19-,32-30?/t21-,27-/m0/s1.